The van der Waals surface area contributed by atoms with Crippen LogP contribution in [0, 0.1) is 0 Å². The minimum atomic E-state index is 0.400. The van der Waals surface area contributed by atoms with E-state index in [2.05, 4.69) is 0 Å². The predicted molar refractivity (Wildman–Crippen MR) is 20.5 cm³/mol. The minimum Gasteiger partial charge on any atom is -0.372 e. The van der Waals surface area contributed by atoms with Crippen molar-refractivity contribution in [3.63, 3.8) is 0 Å². The number of epoxide rings is 1. The summed E-state index contributed by atoms with van der Waals surface area (Å²) in [6.07, 6.45) is 0.400. The van der Waals surface area contributed by atoms with Crippen molar-refractivity contribution in [2.45, 2.75) is 6.10 Å². The van der Waals surface area contributed by atoms with Crippen molar-refractivity contribution in [3.05, 3.63) is 0 Å². The van der Waals surface area contributed by atoms with E-state index in [0.29, 0.717) is 12.0 Å². The van der Waals surface area contributed by atoms with Gasteiger partial charge in [0.2, 0.25) is 0 Å². The Morgan fingerprint density at radius 2 is 2.60 bits per heavy atom. The van der Waals surface area contributed by atoms with Gasteiger partial charge in [-0.3, -0.25) is 0 Å². The molecule has 0 aromatic rings. The summed E-state index contributed by atoms with van der Waals surface area (Å²) in [4.78, 5) is 0. The highest BCUT2D eigenvalue weighted by Gasteiger charge is 2.19. The molecule has 1 aliphatic heterocycles. The van der Waals surface area contributed by atoms with Crippen LogP contribution in [0.5, 0.6) is 0 Å². The van der Waals surface area contributed by atoms with Gasteiger partial charge >= 0.3 is 0 Å². The second-order valence-corrected chi connectivity index (χ2v) is 1.42. The van der Waals surface area contributed by atoms with Crippen LogP contribution in [0.25, 0.3) is 0 Å². The number of ether oxygens (including phenoxy) is 1. The first-order valence-corrected chi connectivity index (χ1v) is 2.14. The SMILES string of the molecule is Cl[14CH2][14CH]1[14CH2]O1. The molecule has 1 atom stereocenters. The maximum atomic E-state index is 5.27. The highest BCUT2D eigenvalue weighted by atomic mass is 35.5. The summed E-state index contributed by atoms with van der Waals surface area (Å²) in [6.45, 7) is 0.878. The van der Waals surface area contributed by atoms with Crippen molar-refractivity contribution in [2.75, 3.05) is 12.5 Å². The van der Waals surface area contributed by atoms with E-state index < -0.39 is 0 Å². The molecule has 5 heavy (non-hydrogen) atoms. The first-order chi connectivity index (χ1) is 2.43. The number of rotatable bonds is 1. The van der Waals surface area contributed by atoms with Gasteiger partial charge in [0.25, 0.3) is 0 Å². The van der Waals surface area contributed by atoms with Gasteiger partial charge in [-0.2, -0.15) is 0 Å². The molecule has 1 rings (SSSR count). The average molecular weight is 98.5 g/mol. The molecule has 2 heteroatoms. The van der Waals surface area contributed by atoms with Crippen LogP contribution in [-0.4, -0.2) is 18.6 Å². The number of alkyl halides is 1. The predicted octanol–water partition coefficient (Wildman–Crippen LogP) is 0.624. The second kappa shape index (κ2) is 1.15. The summed E-state index contributed by atoms with van der Waals surface area (Å²) in [7, 11) is 0. The fourth-order valence-corrected chi connectivity index (χ4v) is 0.335. The van der Waals surface area contributed by atoms with Crippen molar-refractivity contribution in [3.8, 4) is 0 Å². The zero-order valence-electron chi connectivity index (χ0n) is 2.78. The van der Waals surface area contributed by atoms with Crippen LogP contribution >= 0.6 is 11.6 Å². The third kappa shape index (κ3) is 0.781. The van der Waals surface area contributed by atoms with Crippen molar-refractivity contribution >= 4 is 11.6 Å². The van der Waals surface area contributed by atoms with Crippen LogP contribution in [-0.2, 0) is 4.74 Å². The molecule has 1 heterocycles. The molecule has 1 nitrogen and oxygen atoms in total. The van der Waals surface area contributed by atoms with E-state index in [1.165, 1.54) is 0 Å². The van der Waals surface area contributed by atoms with Gasteiger partial charge in [-0.15, -0.1) is 11.6 Å². The molecule has 30 valence electrons. The Labute approximate surface area is 35.9 Å². The van der Waals surface area contributed by atoms with Crippen molar-refractivity contribution < 1.29 is 4.74 Å². The molecule has 0 aromatic heterocycles. The molecule has 0 aromatic carbocycles. The van der Waals surface area contributed by atoms with E-state index >= 15 is 0 Å². The molecule has 1 fully saturated rings. The summed E-state index contributed by atoms with van der Waals surface area (Å²) in [5.74, 6) is 0.667. The lowest BCUT2D eigenvalue weighted by Gasteiger charge is -1.67. The average Bonchev–Trinajstić information content (AvgIpc) is 2.12. The molecule has 1 saturated heterocycles. The molecular weight excluding hydrogens is 93.5 g/mol. The van der Waals surface area contributed by atoms with Gasteiger partial charge in [-0.25, -0.2) is 0 Å². The van der Waals surface area contributed by atoms with Gasteiger partial charge in [0.1, 0.15) is 0 Å². The highest BCUT2D eigenvalue weighted by Crippen LogP contribution is 2.08. The zero-order chi connectivity index (χ0) is 3.70. The Hall–Kier alpha value is 0.250. The standard InChI is InChI=1S/C3H5ClO/c4-1-3-2-5-3/h3H,1-2H2/i1+2,2+2,3+2. The molecule has 0 bridgehead atoms. The van der Waals surface area contributed by atoms with E-state index in [9.17, 15) is 0 Å². The summed E-state index contributed by atoms with van der Waals surface area (Å²) in [5.41, 5.74) is 0. The van der Waals surface area contributed by atoms with Gasteiger partial charge in [-0.05, 0) is 0 Å². The largest absolute Gasteiger partial charge is 0.372 e. The molecule has 0 N–H and O–H groups in total. The summed E-state index contributed by atoms with van der Waals surface area (Å²) < 4.78 is 4.73. The van der Waals surface area contributed by atoms with Crippen LogP contribution in [0.1, 0.15) is 0 Å². The van der Waals surface area contributed by atoms with E-state index in [4.69, 9.17) is 16.3 Å². The molecule has 0 aliphatic carbocycles. The Bertz CT molecular complexity index is 33.9. The first kappa shape index (κ1) is 3.44. The minimum absolute atomic E-state index is 0.400. The number of hydrogen-bond acceptors (Lipinski definition) is 1. The lowest BCUT2D eigenvalue weighted by atomic mass is 12.6. The summed E-state index contributed by atoms with van der Waals surface area (Å²) in [6, 6.07) is 0. The Morgan fingerprint density at radius 1 is 2.00 bits per heavy atom. The molecule has 0 amide bonds. The summed E-state index contributed by atoms with van der Waals surface area (Å²) in [5, 5.41) is 0. The smallest absolute Gasteiger partial charge is 0.0944 e. The second-order valence-electron chi connectivity index (χ2n) is 1.11. The number of hydrogen-bond donors (Lipinski definition) is 0. The van der Waals surface area contributed by atoms with Gasteiger partial charge in [0.15, 0.2) is 0 Å². The van der Waals surface area contributed by atoms with E-state index in [-0.39, 0.29) is 0 Å². The molecule has 0 radical (unpaired) electrons. The number of halogens is 1. The normalized spacial score (nSPS) is 34.2. The fraction of sp³-hybridized carbons (Fsp3) is 1.00. The zero-order valence-corrected chi connectivity index (χ0v) is 3.53. The van der Waals surface area contributed by atoms with E-state index in [1.54, 1.807) is 0 Å². The molecule has 1 aliphatic rings. The monoisotopic (exact) mass is 98.0 g/mol. The highest BCUT2D eigenvalue weighted by molar-refractivity contribution is 6.18. The third-order valence-corrected chi connectivity index (χ3v) is 0.919. The van der Waals surface area contributed by atoms with Crippen LogP contribution in [0.3, 0.4) is 0 Å². The maximum Gasteiger partial charge on any atom is 0.0944 e. The van der Waals surface area contributed by atoms with Gasteiger partial charge in [0, 0.05) is 0 Å². The summed E-state index contributed by atoms with van der Waals surface area (Å²) >= 11 is 5.27. The topological polar surface area (TPSA) is 12.5 Å². The Morgan fingerprint density at radius 3 is 2.60 bits per heavy atom. The molecule has 0 saturated carbocycles. The van der Waals surface area contributed by atoms with Crippen LogP contribution in [0.2, 0.25) is 0 Å². The van der Waals surface area contributed by atoms with Crippen molar-refractivity contribution in [1.29, 1.82) is 0 Å². The van der Waals surface area contributed by atoms with E-state index in [0.717, 1.165) is 6.61 Å². The lowest BCUT2D eigenvalue weighted by molar-refractivity contribution is 0.425. The molecule has 0 spiro atoms. The fourth-order valence-electron chi connectivity index (χ4n) is 0.157. The molecule has 1 unspecified atom stereocenters. The van der Waals surface area contributed by atoms with Crippen LogP contribution < -0.4 is 0 Å². The maximum absolute atomic E-state index is 5.27. The van der Waals surface area contributed by atoms with E-state index in [1.807, 2.05) is 0 Å². The first-order valence-electron chi connectivity index (χ1n) is 1.61. The Kier molecular flexibility index (Phi) is 0.791. The van der Waals surface area contributed by atoms with Gasteiger partial charge in [0.05, 0.1) is 18.6 Å². The van der Waals surface area contributed by atoms with Crippen molar-refractivity contribution in [2.24, 2.45) is 0 Å². The third-order valence-electron chi connectivity index (χ3n) is 0.574. The lowest BCUT2D eigenvalue weighted by Crippen LogP contribution is -1.80. The van der Waals surface area contributed by atoms with Crippen molar-refractivity contribution in [1.82, 2.24) is 0 Å². The van der Waals surface area contributed by atoms with Crippen LogP contribution in [0.15, 0.2) is 0 Å². The molecular formula is C3H5ClO. The Balaban J connectivity index is 2.00. The quantitative estimate of drug-likeness (QED) is 0.346. The van der Waals surface area contributed by atoms with Crippen LogP contribution in [0.4, 0.5) is 0 Å². The van der Waals surface area contributed by atoms with Gasteiger partial charge < -0.3 is 4.74 Å². The van der Waals surface area contributed by atoms with Gasteiger partial charge in [-0.1, -0.05) is 0 Å².